The molecule has 0 aliphatic carbocycles. The number of piperazine rings is 1. The van der Waals surface area contributed by atoms with Crippen LogP contribution in [-0.2, 0) is 9.53 Å². The van der Waals surface area contributed by atoms with Crippen LogP contribution in [0.5, 0.6) is 0 Å². The number of urea groups is 1. The quantitative estimate of drug-likeness (QED) is 0.749. The highest BCUT2D eigenvalue weighted by molar-refractivity contribution is 6.30. The summed E-state index contributed by atoms with van der Waals surface area (Å²) in [6.45, 7) is 7.72. The molecule has 1 fully saturated rings. The molecular formula is C19H25ClN4O3. The van der Waals surface area contributed by atoms with Gasteiger partial charge in [0.1, 0.15) is 0 Å². The number of carbonyl (C=O) groups excluding carboxylic acids is 2. The number of esters is 1. The smallest absolute Gasteiger partial charge is 0.337 e. The Kier molecular flexibility index (Phi) is 6.23. The first-order valence-electron chi connectivity index (χ1n) is 9.18. The Balaban J connectivity index is 1.67. The van der Waals surface area contributed by atoms with Crippen molar-refractivity contribution in [3.05, 3.63) is 40.6 Å². The van der Waals surface area contributed by atoms with Gasteiger partial charge in [-0.25, -0.2) is 9.59 Å². The van der Waals surface area contributed by atoms with E-state index in [0.717, 1.165) is 36.9 Å². The molecule has 1 atom stereocenters. The van der Waals surface area contributed by atoms with Gasteiger partial charge in [-0.3, -0.25) is 4.90 Å². The summed E-state index contributed by atoms with van der Waals surface area (Å²) in [4.78, 5) is 28.7. The minimum Gasteiger partial charge on any atom is -0.463 e. The van der Waals surface area contributed by atoms with Crippen LogP contribution >= 0.6 is 11.6 Å². The van der Waals surface area contributed by atoms with E-state index in [1.165, 1.54) is 0 Å². The molecule has 3 rings (SSSR count). The van der Waals surface area contributed by atoms with Gasteiger partial charge in [-0.15, -0.1) is 0 Å². The molecule has 146 valence electrons. The zero-order chi connectivity index (χ0) is 19.4. The second kappa shape index (κ2) is 8.63. The summed E-state index contributed by atoms with van der Waals surface area (Å²) in [6.07, 6.45) is 0. The number of nitrogens with one attached hydrogen (secondary N) is 2. The van der Waals surface area contributed by atoms with Crippen LogP contribution in [0.3, 0.4) is 0 Å². The SMILES string of the molecule is CCOC(=O)C1=C(CN2CCN(c3cccc(Cl)c3)CC2)NC(=O)NC1C. The van der Waals surface area contributed by atoms with E-state index in [9.17, 15) is 9.59 Å². The fourth-order valence-corrected chi connectivity index (χ4v) is 3.65. The minimum absolute atomic E-state index is 0.289. The highest BCUT2D eigenvalue weighted by Crippen LogP contribution is 2.22. The molecule has 2 heterocycles. The molecule has 1 aromatic rings. The Labute approximate surface area is 164 Å². The lowest BCUT2D eigenvalue weighted by Crippen LogP contribution is -2.53. The number of halogens is 1. The Bertz CT molecular complexity index is 744. The number of carbonyl (C=O) groups is 2. The van der Waals surface area contributed by atoms with E-state index in [2.05, 4.69) is 26.5 Å². The number of rotatable bonds is 5. The summed E-state index contributed by atoms with van der Waals surface area (Å²) in [5, 5.41) is 6.24. The van der Waals surface area contributed by atoms with Crippen molar-refractivity contribution < 1.29 is 14.3 Å². The van der Waals surface area contributed by atoms with Crippen LogP contribution in [0.2, 0.25) is 5.02 Å². The number of benzene rings is 1. The van der Waals surface area contributed by atoms with E-state index in [0.29, 0.717) is 24.4 Å². The van der Waals surface area contributed by atoms with Gasteiger partial charge in [-0.2, -0.15) is 0 Å². The molecule has 0 spiro atoms. The number of hydrogen-bond acceptors (Lipinski definition) is 5. The Hall–Kier alpha value is -2.25. The Morgan fingerprint density at radius 2 is 2.04 bits per heavy atom. The molecule has 0 bridgehead atoms. The third-order valence-corrected chi connectivity index (χ3v) is 5.03. The van der Waals surface area contributed by atoms with Gasteiger partial charge in [0.25, 0.3) is 0 Å². The molecule has 1 aromatic carbocycles. The van der Waals surface area contributed by atoms with Crippen molar-refractivity contribution in [2.75, 3.05) is 44.2 Å². The van der Waals surface area contributed by atoms with Gasteiger partial charge >= 0.3 is 12.0 Å². The molecule has 1 unspecified atom stereocenters. The van der Waals surface area contributed by atoms with Crippen LogP contribution in [0.15, 0.2) is 35.5 Å². The lowest BCUT2D eigenvalue weighted by atomic mass is 10.0. The number of anilines is 1. The summed E-state index contributed by atoms with van der Waals surface area (Å²) < 4.78 is 5.17. The highest BCUT2D eigenvalue weighted by atomic mass is 35.5. The van der Waals surface area contributed by atoms with Crippen LogP contribution in [0, 0.1) is 0 Å². The average molecular weight is 393 g/mol. The van der Waals surface area contributed by atoms with Gasteiger partial charge in [-0.05, 0) is 32.0 Å². The standard InChI is InChI=1S/C19H25ClN4O3/c1-3-27-18(25)17-13(2)21-19(26)22-16(17)12-23-7-9-24(10-8-23)15-6-4-5-14(20)11-15/h4-6,11,13H,3,7-10,12H2,1-2H3,(H2,21,22,26). The fourth-order valence-electron chi connectivity index (χ4n) is 3.46. The molecule has 2 N–H and O–H groups in total. The first-order valence-corrected chi connectivity index (χ1v) is 9.56. The first-order chi connectivity index (χ1) is 13.0. The zero-order valence-electron chi connectivity index (χ0n) is 15.6. The molecule has 27 heavy (non-hydrogen) atoms. The van der Waals surface area contributed by atoms with Crippen LogP contribution < -0.4 is 15.5 Å². The van der Waals surface area contributed by atoms with Crippen LogP contribution in [0.1, 0.15) is 13.8 Å². The van der Waals surface area contributed by atoms with Crippen molar-refractivity contribution in [1.82, 2.24) is 15.5 Å². The first kappa shape index (κ1) is 19.5. The van der Waals surface area contributed by atoms with E-state index in [4.69, 9.17) is 16.3 Å². The summed E-state index contributed by atoms with van der Waals surface area (Å²) >= 11 is 6.09. The van der Waals surface area contributed by atoms with E-state index in [-0.39, 0.29) is 18.0 Å². The van der Waals surface area contributed by atoms with Crippen LogP contribution in [0.25, 0.3) is 0 Å². The maximum Gasteiger partial charge on any atom is 0.337 e. The second-order valence-electron chi connectivity index (χ2n) is 6.68. The van der Waals surface area contributed by atoms with Crippen molar-refractivity contribution in [3.63, 3.8) is 0 Å². The van der Waals surface area contributed by atoms with Gasteiger partial charge in [0.15, 0.2) is 0 Å². The number of amides is 2. The lowest BCUT2D eigenvalue weighted by molar-refractivity contribution is -0.139. The summed E-state index contributed by atoms with van der Waals surface area (Å²) in [7, 11) is 0. The highest BCUT2D eigenvalue weighted by Gasteiger charge is 2.31. The maximum atomic E-state index is 12.3. The molecule has 2 aliphatic heterocycles. The summed E-state index contributed by atoms with van der Waals surface area (Å²) in [6, 6.07) is 7.17. The second-order valence-corrected chi connectivity index (χ2v) is 7.11. The predicted molar refractivity (Wildman–Crippen MR) is 105 cm³/mol. The van der Waals surface area contributed by atoms with Crippen molar-refractivity contribution in [1.29, 1.82) is 0 Å². The normalized spacial score (nSPS) is 20.9. The van der Waals surface area contributed by atoms with Gasteiger partial charge in [-0.1, -0.05) is 17.7 Å². The third kappa shape index (κ3) is 4.73. The van der Waals surface area contributed by atoms with Crippen LogP contribution in [0.4, 0.5) is 10.5 Å². The largest absolute Gasteiger partial charge is 0.463 e. The molecule has 7 nitrogen and oxygen atoms in total. The van der Waals surface area contributed by atoms with Crippen molar-refractivity contribution in [2.45, 2.75) is 19.9 Å². The molecule has 8 heteroatoms. The number of nitrogens with zero attached hydrogens (tertiary/aromatic N) is 2. The summed E-state index contributed by atoms with van der Waals surface area (Å²) in [5.41, 5.74) is 2.23. The minimum atomic E-state index is -0.384. The van der Waals surface area contributed by atoms with Gasteiger partial charge < -0.3 is 20.3 Å². The van der Waals surface area contributed by atoms with Crippen molar-refractivity contribution in [2.24, 2.45) is 0 Å². The lowest BCUT2D eigenvalue weighted by Gasteiger charge is -2.37. The van der Waals surface area contributed by atoms with Crippen LogP contribution in [-0.4, -0.2) is 62.3 Å². The maximum absolute atomic E-state index is 12.3. The molecule has 0 saturated carbocycles. The van der Waals surface area contributed by atoms with E-state index in [1.54, 1.807) is 13.8 Å². The van der Waals surface area contributed by atoms with Crippen molar-refractivity contribution in [3.8, 4) is 0 Å². The molecule has 0 radical (unpaired) electrons. The molecule has 2 amide bonds. The van der Waals surface area contributed by atoms with E-state index < -0.39 is 0 Å². The van der Waals surface area contributed by atoms with E-state index >= 15 is 0 Å². The van der Waals surface area contributed by atoms with Crippen molar-refractivity contribution >= 4 is 29.3 Å². The third-order valence-electron chi connectivity index (χ3n) is 4.79. The number of hydrogen-bond donors (Lipinski definition) is 2. The molecule has 2 aliphatic rings. The van der Waals surface area contributed by atoms with E-state index in [1.807, 2.05) is 18.2 Å². The molecular weight excluding hydrogens is 368 g/mol. The zero-order valence-corrected chi connectivity index (χ0v) is 16.4. The monoisotopic (exact) mass is 392 g/mol. The van der Waals surface area contributed by atoms with Gasteiger partial charge in [0.2, 0.25) is 0 Å². The fraction of sp³-hybridized carbons (Fsp3) is 0.474. The number of ether oxygens (including phenoxy) is 1. The summed E-state index contributed by atoms with van der Waals surface area (Å²) in [5.74, 6) is -0.384. The Morgan fingerprint density at radius 1 is 1.30 bits per heavy atom. The van der Waals surface area contributed by atoms with Gasteiger partial charge in [0, 0.05) is 49.1 Å². The Morgan fingerprint density at radius 3 is 2.70 bits per heavy atom. The molecule has 0 aromatic heterocycles. The average Bonchev–Trinajstić information content (AvgIpc) is 2.62. The topological polar surface area (TPSA) is 73.9 Å². The predicted octanol–water partition coefficient (Wildman–Crippen LogP) is 1.98. The van der Waals surface area contributed by atoms with Gasteiger partial charge in [0.05, 0.1) is 18.2 Å². The molecule has 1 saturated heterocycles.